The van der Waals surface area contributed by atoms with Gasteiger partial charge >= 0.3 is 5.69 Å². The number of nitrogens with zero attached hydrogens (tertiary/aromatic N) is 4. The highest BCUT2D eigenvalue weighted by atomic mass is 16.6. The molecule has 16 heavy (non-hydrogen) atoms. The molecule has 1 aliphatic heterocycles. The van der Waals surface area contributed by atoms with Crippen LogP contribution in [-0.2, 0) is 7.05 Å². The quantitative estimate of drug-likeness (QED) is 0.568. The van der Waals surface area contributed by atoms with Crippen molar-refractivity contribution in [2.24, 2.45) is 7.05 Å². The smallest absolute Gasteiger partial charge is 0.333 e. The third-order valence-corrected chi connectivity index (χ3v) is 2.76. The van der Waals surface area contributed by atoms with Crippen LogP contribution in [0.25, 0.3) is 0 Å². The predicted molar refractivity (Wildman–Crippen MR) is 59.7 cm³/mol. The van der Waals surface area contributed by atoms with E-state index in [1.165, 1.54) is 0 Å². The minimum atomic E-state index is -0.348. The van der Waals surface area contributed by atoms with E-state index in [-0.39, 0.29) is 10.6 Å². The van der Waals surface area contributed by atoms with E-state index in [0.717, 1.165) is 26.2 Å². The summed E-state index contributed by atoms with van der Waals surface area (Å²) in [4.78, 5) is 12.7. The highest BCUT2D eigenvalue weighted by Crippen LogP contribution is 2.30. The van der Waals surface area contributed by atoms with E-state index in [4.69, 9.17) is 0 Å². The molecule has 0 unspecified atom stereocenters. The van der Waals surface area contributed by atoms with Gasteiger partial charge in [0.05, 0.1) is 4.92 Å². The van der Waals surface area contributed by atoms with Crippen molar-refractivity contribution in [2.45, 2.75) is 6.92 Å². The first-order chi connectivity index (χ1) is 7.61. The Bertz CT molecular complexity index is 408. The Hall–Kier alpha value is -1.63. The highest BCUT2D eigenvalue weighted by Gasteiger charge is 2.28. The zero-order valence-electron chi connectivity index (χ0n) is 9.43. The zero-order chi connectivity index (χ0) is 11.7. The first-order valence-corrected chi connectivity index (χ1v) is 5.25. The van der Waals surface area contributed by atoms with Crippen molar-refractivity contribution >= 4 is 11.5 Å². The van der Waals surface area contributed by atoms with Crippen molar-refractivity contribution < 1.29 is 4.92 Å². The molecular weight excluding hydrogens is 210 g/mol. The number of aryl methyl sites for hydroxylation is 2. The largest absolute Gasteiger partial charge is 0.349 e. The summed E-state index contributed by atoms with van der Waals surface area (Å²) < 4.78 is 1.60. The summed E-state index contributed by atoms with van der Waals surface area (Å²) >= 11 is 0. The minimum absolute atomic E-state index is 0.129. The van der Waals surface area contributed by atoms with Crippen molar-refractivity contribution in [3.63, 3.8) is 0 Å². The van der Waals surface area contributed by atoms with Gasteiger partial charge in [-0.2, -0.15) is 5.10 Å². The van der Waals surface area contributed by atoms with Crippen molar-refractivity contribution in [3.8, 4) is 0 Å². The molecule has 0 radical (unpaired) electrons. The number of piperazine rings is 1. The van der Waals surface area contributed by atoms with Crippen LogP contribution in [0, 0.1) is 17.0 Å². The van der Waals surface area contributed by atoms with E-state index in [2.05, 4.69) is 10.4 Å². The third kappa shape index (κ3) is 1.73. The molecule has 0 bridgehead atoms. The fourth-order valence-corrected chi connectivity index (χ4v) is 2.08. The Morgan fingerprint density at radius 2 is 2.06 bits per heavy atom. The Morgan fingerprint density at radius 3 is 2.62 bits per heavy atom. The molecule has 1 aliphatic rings. The van der Waals surface area contributed by atoms with E-state index in [9.17, 15) is 10.1 Å². The van der Waals surface area contributed by atoms with Gasteiger partial charge in [0.1, 0.15) is 5.69 Å². The first kappa shape index (κ1) is 10.9. The number of rotatable bonds is 2. The summed E-state index contributed by atoms with van der Waals surface area (Å²) in [5.41, 5.74) is 0.602. The number of aromatic nitrogens is 2. The normalized spacial score (nSPS) is 16.5. The number of nitrogens with one attached hydrogen (secondary N) is 1. The maximum Gasteiger partial charge on any atom is 0.333 e. The van der Waals surface area contributed by atoms with E-state index >= 15 is 0 Å². The van der Waals surface area contributed by atoms with Crippen LogP contribution in [0.3, 0.4) is 0 Å². The SMILES string of the molecule is Cc1nn(C)c(N2CCNCC2)c1[N+](=O)[O-]. The lowest BCUT2D eigenvalue weighted by Gasteiger charge is -2.28. The van der Waals surface area contributed by atoms with Crippen LogP contribution in [-0.4, -0.2) is 40.9 Å². The van der Waals surface area contributed by atoms with Gasteiger partial charge in [-0.3, -0.25) is 10.1 Å². The zero-order valence-corrected chi connectivity index (χ0v) is 9.43. The number of nitro groups is 1. The fraction of sp³-hybridized carbons (Fsp3) is 0.667. The second-order valence-electron chi connectivity index (χ2n) is 3.88. The molecule has 7 heteroatoms. The predicted octanol–water partition coefficient (Wildman–Crippen LogP) is 0.0463. The van der Waals surface area contributed by atoms with E-state index in [1.807, 2.05) is 4.90 Å². The molecule has 0 spiro atoms. The number of anilines is 1. The van der Waals surface area contributed by atoms with Crippen LogP contribution in [0.2, 0.25) is 0 Å². The summed E-state index contributed by atoms with van der Waals surface area (Å²) in [6, 6.07) is 0. The second-order valence-corrected chi connectivity index (χ2v) is 3.88. The molecule has 2 heterocycles. The average Bonchev–Trinajstić information content (AvgIpc) is 2.55. The molecule has 0 amide bonds. The van der Waals surface area contributed by atoms with Crippen LogP contribution in [0.4, 0.5) is 11.5 Å². The molecule has 7 nitrogen and oxygen atoms in total. The molecule has 1 aromatic rings. The van der Waals surface area contributed by atoms with E-state index < -0.39 is 0 Å². The van der Waals surface area contributed by atoms with Gasteiger partial charge in [0.25, 0.3) is 0 Å². The van der Waals surface area contributed by atoms with Crippen LogP contribution in [0.1, 0.15) is 5.69 Å². The van der Waals surface area contributed by atoms with Crippen molar-refractivity contribution in [1.29, 1.82) is 0 Å². The molecule has 0 saturated carbocycles. The van der Waals surface area contributed by atoms with Gasteiger partial charge in [0.15, 0.2) is 0 Å². The Kier molecular flexibility index (Phi) is 2.78. The Balaban J connectivity index is 2.41. The van der Waals surface area contributed by atoms with Gasteiger partial charge in [0, 0.05) is 33.2 Å². The maximum atomic E-state index is 11.0. The van der Waals surface area contributed by atoms with E-state index in [0.29, 0.717) is 11.5 Å². The highest BCUT2D eigenvalue weighted by molar-refractivity contribution is 5.61. The summed E-state index contributed by atoms with van der Waals surface area (Å²) in [7, 11) is 1.75. The second kappa shape index (κ2) is 4.09. The molecule has 0 aliphatic carbocycles. The minimum Gasteiger partial charge on any atom is -0.349 e. The lowest BCUT2D eigenvalue weighted by Crippen LogP contribution is -2.44. The Morgan fingerprint density at radius 1 is 1.44 bits per heavy atom. The van der Waals surface area contributed by atoms with Crippen molar-refractivity contribution in [2.75, 3.05) is 31.1 Å². The maximum absolute atomic E-state index is 11.0. The van der Waals surface area contributed by atoms with Gasteiger partial charge in [-0.05, 0) is 6.92 Å². The van der Waals surface area contributed by atoms with Crippen molar-refractivity contribution in [1.82, 2.24) is 15.1 Å². The van der Waals surface area contributed by atoms with Gasteiger partial charge < -0.3 is 10.2 Å². The van der Waals surface area contributed by atoms with Gasteiger partial charge in [0.2, 0.25) is 5.82 Å². The molecule has 88 valence electrons. The lowest BCUT2D eigenvalue weighted by molar-refractivity contribution is -0.384. The molecule has 0 atom stereocenters. The lowest BCUT2D eigenvalue weighted by atomic mass is 10.3. The monoisotopic (exact) mass is 225 g/mol. The van der Waals surface area contributed by atoms with Crippen LogP contribution >= 0.6 is 0 Å². The summed E-state index contributed by atoms with van der Waals surface area (Å²) in [5, 5.41) is 18.3. The molecule has 1 fully saturated rings. The molecular formula is C9H15N5O2. The fourth-order valence-electron chi connectivity index (χ4n) is 2.08. The first-order valence-electron chi connectivity index (χ1n) is 5.25. The summed E-state index contributed by atoms with van der Waals surface area (Å²) in [5.74, 6) is 0.615. The number of hydrogen-bond acceptors (Lipinski definition) is 5. The van der Waals surface area contributed by atoms with Crippen LogP contribution in [0.15, 0.2) is 0 Å². The standard InChI is InChI=1S/C9H15N5O2/c1-7-8(14(15)16)9(12(2)11-7)13-5-3-10-4-6-13/h10H,3-6H2,1-2H3. The van der Waals surface area contributed by atoms with Crippen LogP contribution < -0.4 is 10.2 Å². The average molecular weight is 225 g/mol. The summed E-state index contributed by atoms with van der Waals surface area (Å²) in [6.45, 7) is 4.92. The van der Waals surface area contributed by atoms with Crippen molar-refractivity contribution in [3.05, 3.63) is 15.8 Å². The van der Waals surface area contributed by atoms with E-state index in [1.54, 1.807) is 18.7 Å². The molecule has 2 rings (SSSR count). The van der Waals surface area contributed by atoms with Gasteiger partial charge in [-0.1, -0.05) is 0 Å². The van der Waals surface area contributed by atoms with Gasteiger partial charge in [-0.25, -0.2) is 4.68 Å². The molecule has 0 aromatic carbocycles. The molecule has 1 N–H and O–H groups in total. The number of hydrogen-bond donors (Lipinski definition) is 1. The third-order valence-electron chi connectivity index (χ3n) is 2.76. The van der Waals surface area contributed by atoms with Crippen LogP contribution in [0.5, 0.6) is 0 Å². The van der Waals surface area contributed by atoms with Gasteiger partial charge in [-0.15, -0.1) is 0 Å². The molecule has 1 aromatic heterocycles. The Labute approximate surface area is 93.2 Å². The topological polar surface area (TPSA) is 76.2 Å². The molecule has 1 saturated heterocycles. The summed E-state index contributed by atoms with van der Waals surface area (Å²) in [6.07, 6.45) is 0.